The van der Waals surface area contributed by atoms with Crippen LogP contribution in [0.4, 0.5) is 0 Å². The molecule has 7 heteroatoms. The lowest BCUT2D eigenvalue weighted by atomic mass is 10.0. The Kier molecular flexibility index (Phi) is 3.70. The molecule has 0 spiro atoms. The van der Waals surface area contributed by atoms with Crippen LogP contribution in [0, 0.1) is 5.92 Å². The van der Waals surface area contributed by atoms with Crippen molar-refractivity contribution in [3.05, 3.63) is 24.0 Å². The second-order valence-corrected chi connectivity index (χ2v) is 5.18. The Morgan fingerprint density at radius 2 is 2.23 bits per heavy atom. The first kappa shape index (κ1) is 14.4. The molecule has 0 saturated heterocycles. The number of fused-ring (bicyclic) bond motifs is 1. The molecule has 3 rings (SSSR count). The molecule has 1 aliphatic heterocycles. The first-order valence-electron chi connectivity index (χ1n) is 7.01. The molecular weight excluding hydrogens is 286 g/mol. The smallest absolute Gasteiger partial charge is 0.310 e. The van der Waals surface area contributed by atoms with Gasteiger partial charge in [-0.3, -0.25) is 4.79 Å². The van der Waals surface area contributed by atoms with E-state index in [1.54, 1.807) is 22.9 Å². The van der Waals surface area contributed by atoms with Crippen molar-refractivity contribution in [3.63, 3.8) is 0 Å². The van der Waals surface area contributed by atoms with Crippen LogP contribution in [0.5, 0.6) is 11.5 Å². The summed E-state index contributed by atoms with van der Waals surface area (Å²) in [5.74, 6) is 1.45. The molecule has 0 fully saturated rings. The third-order valence-electron chi connectivity index (χ3n) is 3.83. The van der Waals surface area contributed by atoms with E-state index in [2.05, 4.69) is 10.1 Å². The van der Waals surface area contributed by atoms with E-state index in [0.29, 0.717) is 31.0 Å². The van der Waals surface area contributed by atoms with Crippen LogP contribution in [-0.2, 0) is 22.5 Å². The minimum atomic E-state index is -0.214. The second kappa shape index (κ2) is 5.67. The number of aromatic hydroxyl groups is 1. The molecule has 2 heterocycles. The fourth-order valence-electron chi connectivity index (χ4n) is 2.61. The molecule has 0 radical (unpaired) electrons. The van der Waals surface area contributed by atoms with Crippen molar-refractivity contribution >= 4 is 5.97 Å². The standard InChI is InChI=1S/C15H17N3O4/c1-21-12-7-9(3-5-11(12)19)14-16-13-6-4-10(15(20)22-2)8-18(13)17-14/h3,5,7,10,19H,4,6,8H2,1-2H3. The van der Waals surface area contributed by atoms with Gasteiger partial charge in [-0.05, 0) is 24.6 Å². The van der Waals surface area contributed by atoms with Gasteiger partial charge in [0.05, 0.1) is 26.7 Å². The van der Waals surface area contributed by atoms with Crippen LogP contribution in [0.1, 0.15) is 12.2 Å². The van der Waals surface area contributed by atoms with Crippen LogP contribution in [0.3, 0.4) is 0 Å². The number of hydrogen-bond acceptors (Lipinski definition) is 6. The zero-order chi connectivity index (χ0) is 15.7. The number of hydrogen-bond donors (Lipinski definition) is 1. The second-order valence-electron chi connectivity index (χ2n) is 5.18. The van der Waals surface area contributed by atoms with Crippen LogP contribution in [0.2, 0.25) is 0 Å². The Bertz CT molecular complexity index is 711. The van der Waals surface area contributed by atoms with Gasteiger partial charge in [-0.25, -0.2) is 9.67 Å². The monoisotopic (exact) mass is 303 g/mol. The van der Waals surface area contributed by atoms with Crippen LogP contribution in [0.25, 0.3) is 11.4 Å². The fraction of sp³-hybridized carbons (Fsp3) is 0.400. The quantitative estimate of drug-likeness (QED) is 0.862. The lowest BCUT2D eigenvalue weighted by Crippen LogP contribution is -2.28. The van der Waals surface area contributed by atoms with Gasteiger partial charge in [0.15, 0.2) is 17.3 Å². The zero-order valence-corrected chi connectivity index (χ0v) is 12.4. The van der Waals surface area contributed by atoms with E-state index >= 15 is 0 Å². The highest BCUT2D eigenvalue weighted by Gasteiger charge is 2.27. The van der Waals surface area contributed by atoms with Crippen molar-refractivity contribution < 1.29 is 19.4 Å². The van der Waals surface area contributed by atoms with E-state index in [1.807, 2.05) is 0 Å². The van der Waals surface area contributed by atoms with Crippen LogP contribution >= 0.6 is 0 Å². The number of esters is 1. The molecule has 7 nitrogen and oxygen atoms in total. The van der Waals surface area contributed by atoms with E-state index in [0.717, 1.165) is 11.4 Å². The predicted molar refractivity (Wildman–Crippen MR) is 77.5 cm³/mol. The largest absolute Gasteiger partial charge is 0.504 e. The Labute approximate surface area is 127 Å². The summed E-state index contributed by atoms with van der Waals surface area (Å²) in [5, 5.41) is 14.1. The van der Waals surface area contributed by atoms with Gasteiger partial charge in [0.2, 0.25) is 0 Å². The zero-order valence-electron chi connectivity index (χ0n) is 12.4. The molecular formula is C15H17N3O4. The highest BCUT2D eigenvalue weighted by atomic mass is 16.5. The first-order valence-corrected chi connectivity index (χ1v) is 7.01. The number of aryl methyl sites for hydroxylation is 1. The average Bonchev–Trinajstić information content (AvgIpc) is 2.97. The summed E-state index contributed by atoms with van der Waals surface area (Å²) in [7, 11) is 2.89. The minimum Gasteiger partial charge on any atom is -0.504 e. The van der Waals surface area contributed by atoms with E-state index in [4.69, 9.17) is 9.47 Å². The van der Waals surface area contributed by atoms with Gasteiger partial charge in [-0.2, -0.15) is 5.10 Å². The molecule has 0 saturated carbocycles. The Hall–Kier alpha value is -2.57. The van der Waals surface area contributed by atoms with E-state index in [9.17, 15) is 9.90 Å². The fourth-order valence-corrected chi connectivity index (χ4v) is 2.61. The molecule has 2 aromatic rings. The lowest BCUT2D eigenvalue weighted by molar-refractivity contribution is -0.146. The maximum Gasteiger partial charge on any atom is 0.310 e. The highest BCUT2D eigenvalue weighted by Crippen LogP contribution is 2.31. The third kappa shape index (κ3) is 2.49. The van der Waals surface area contributed by atoms with Crippen molar-refractivity contribution in [1.29, 1.82) is 0 Å². The number of phenolic OH excluding ortho intramolecular Hbond substituents is 1. The van der Waals surface area contributed by atoms with Crippen molar-refractivity contribution in [2.45, 2.75) is 19.4 Å². The topological polar surface area (TPSA) is 86.5 Å². The number of phenols is 1. The summed E-state index contributed by atoms with van der Waals surface area (Å²) >= 11 is 0. The van der Waals surface area contributed by atoms with Gasteiger partial charge < -0.3 is 14.6 Å². The summed E-state index contributed by atoms with van der Waals surface area (Å²) < 4.78 is 11.6. The molecule has 1 N–H and O–H groups in total. The average molecular weight is 303 g/mol. The molecule has 116 valence electrons. The van der Waals surface area contributed by atoms with Gasteiger partial charge in [-0.1, -0.05) is 0 Å². The summed E-state index contributed by atoms with van der Waals surface area (Å²) in [4.78, 5) is 16.2. The number of methoxy groups -OCH3 is 2. The number of aromatic nitrogens is 3. The maximum absolute atomic E-state index is 11.6. The molecule has 22 heavy (non-hydrogen) atoms. The minimum absolute atomic E-state index is 0.0703. The number of nitrogens with zero attached hydrogens (tertiary/aromatic N) is 3. The van der Waals surface area contributed by atoms with Crippen LogP contribution in [-0.4, -0.2) is 40.1 Å². The summed E-state index contributed by atoms with van der Waals surface area (Å²) in [5.41, 5.74) is 0.756. The van der Waals surface area contributed by atoms with Crippen LogP contribution < -0.4 is 4.74 Å². The molecule has 1 aromatic heterocycles. The number of rotatable bonds is 3. The predicted octanol–water partition coefficient (Wildman–Crippen LogP) is 1.39. The van der Waals surface area contributed by atoms with Gasteiger partial charge in [0.25, 0.3) is 0 Å². The Morgan fingerprint density at radius 3 is 2.95 bits per heavy atom. The van der Waals surface area contributed by atoms with E-state index in [1.165, 1.54) is 14.2 Å². The Balaban J connectivity index is 1.89. The number of carbonyl (C=O) groups excluding carboxylic acids is 1. The van der Waals surface area contributed by atoms with Gasteiger partial charge in [-0.15, -0.1) is 0 Å². The molecule has 0 bridgehead atoms. The molecule has 0 aliphatic carbocycles. The molecule has 0 amide bonds. The van der Waals surface area contributed by atoms with E-state index in [-0.39, 0.29) is 17.6 Å². The number of carbonyl (C=O) groups is 1. The highest BCUT2D eigenvalue weighted by molar-refractivity contribution is 5.72. The Morgan fingerprint density at radius 1 is 1.41 bits per heavy atom. The summed E-state index contributed by atoms with van der Waals surface area (Å²) in [6.07, 6.45) is 1.39. The lowest BCUT2D eigenvalue weighted by Gasteiger charge is -2.19. The van der Waals surface area contributed by atoms with Crippen molar-refractivity contribution in [3.8, 4) is 22.9 Å². The molecule has 1 atom stereocenters. The SMILES string of the molecule is COC(=O)C1CCc2nc(-c3ccc(O)c(OC)c3)nn2C1. The number of benzene rings is 1. The normalized spacial score (nSPS) is 16.9. The van der Waals surface area contributed by atoms with Crippen LogP contribution in [0.15, 0.2) is 18.2 Å². The molecule has 1 unspecified atom stereocenters. The van der Waals surface area contributed by atoms with Crippen molar-refractivity contribution in [2.75, 3.05) is 14.2 Å². The first-order chi connectivity index (χ1) is 10.6. The molecule has 1 aromatic carbocycles. The van der Waals surface area contributed by atoms with Gasteiger partial charge in [0, 0.05) is 12.0 Å². The van der Waals surface area contributed by atoms with Gasteiger partial charge in [0.1, 0.15) is 5.82 Å². The number of ether oxygens (including phenoxy) is 2. The van der Waals surface area contributed by atoms with E-state index < -0.39 is 0 Å². The van der Waals surface area contributed by atoms with Gasteiger partial charge >= 0.3 is 5.97 Å². The molecule has 1 aliphatic rings. The summed E-state index contributed by atoms with van der Waals surface area (Å²) in [6, 6.07) is 4.97. The van der Waals surface area contributed by atoms with Crippen molar-refractivity contribution in [2.24, 2.45) is 5.92 Å². The maximum atomic E-state index is 11.6. The third-order valence-corrected chi connectivity index (χ3v) is 3.83. The van der Waals surface area contributed by atoms with Crippen molar-refractivity contribution in [1.82, 2.24) is 14.8 Å². The summed E-state index contributed by atoms with van der Waals surface area (Å²) in [6.45, 7) is 0.476.